The molecule has 5 aromatic rings. The molecule has 0 spiro atoms. The van der Waals surface area contributed by atoms with Crippen LogP contribution < -0.4 is 16.1 Å². The second kappa shape index (κ2) is 10.9. The maximum atomic E-state index is 13.3. The molecule has 2 amide bonds. The maximum Gasteiger partial charge on any atom is 0.251 e. The van der Waals surface area contributed by atoms with Crippen molar-refractivity contribution in [3.8, 4) is 0 Å². The number of nitrogens with one attached hydrogen (secondary N) is 2. The summed E-state index contributed by atoms with van der Waals surface area (Å²) in [5.41, 5.74) is 3.51. The first-order valence-corrected chi connectivity index (χ1v) is 12.2. The topological polar surface area (TPSA) is 88.4 Å². The van der Waals surface area contributed by atoms with Crippen LogP contribution in [0.1, 0.15) is 31.8 Å². The zero-order chi connectivity index (χ0) is 25.6. The van der Waals surface area contributed by atoms with Crippen LogP contribution in [0, 0.1) is 0 Å². The van der Waals surface area contributed by atoms with Crippen LogP contribution in [-0.4, -0.2) is 24.9 Å². The van der Waals surface area contributed by atoms with Gasteiger partial charge in [0.2, 0.25) is 5.43 Å². The average molecular weight is 491 g/mol. The number of carbonyl (C=O) groups excluding carboxylic acids is 2. The van der Waals surface area contributed by atoms with Gasteiger partial charge in [0, 0.05) is 24.2 Å². The van der Waals surface area contributed by atoms with Gasteiger partial charge in [0.1, 0.15) is 11.2 Å². The molecule has 0 atom stereocenters. The smallest absolute Gasteiger partial charge is 0.251 e. The SMILES string of the molecule is O=C(NCCc1ccccc1)c1ccc2oc3ccc(C(=O)NCCc4ccccc4)cc3c(=O)c2c1. The standard InChI is InChI=1S/C31H26N2O4/c34-29-25-19-23(30(35)32-17-15-21-7-3-1-4-8-21)11-13-27(25)37-28-14-12-24(20-26(28)29)31(36)33-18-16-22-9-5-2-6-10-22/h1-14,19-20H,15-18H2,(H,32,35)(H,33,36). The van der Waals surface area contributed by atoms with Gasteiger partial charge >= 0.3 is 0 Å². The van der Waals surface area contributed by atoms with E-state index in [1.165, 1.54) is 0 Å². The minimum absolute atomic E-state index is 0.260. The molecular formula is C31H26N2O4. The van der Waals surface area contributed by atoms with Gasteiger partial charge in [-0.3, -0.25) is 14.4 Å². The Morgan fingerprint density at radius 2 is 1.03 bits per heavy atom. The van der Waals surface area contributed by atoms with Gasteiger partial charge in [0.15, 0.2) is 0 Å². The first-order valence-electron chi connectivity index (χ1n) is 12.2. The number of benzene rings is 4. The van der Waals surface area contributed by atoms with E-state index in [2.05, 4.69) is 10.6 Å². The molecule has 184 valence electrons. The van der Waals surface area contributed by atoms with Gasteiger partial charge in [0.25, 0.3) is 11.8 Å². The minimum Gasteiger partial charge on any atom is -0.456 e. The summed E-state index contributed by atoms with van der Waals surface area (Å²) < 4.78 is 5.91. The molecule has 0 aliphatic carbocycles. The van der Waals surface area contributed by atoms with Crippen molar-refractivity contribution < 1.29 is 14.0 Å². The van der Waals surface area contributed by atoms with Crippen molar-refractivity contribution in [1.82, 2.24) is 10.6 Å². The van der Waals surface area contributed by atoms with Gasteiger partial charge in [-0.05, 0) is 60.4 Å². The highest BCUT2D eigenvalue weighted by atomic mass is 16.3. The van der Waals surface area contributed by atoms with Crippen LogP contribution in [0.25, 0.3) is 21.9 Å². The molecule has 0 radical (unpaired) electrons. The molecule has 1 heterocycles. The van der Waals surface area contributed by atoms with E-state index >= 15 is 0 Å². The Hall–Kier alpha value is -4.71. The fourth-order valence-corrected chi connectivity index (χ4v) is 4.27. The third kappa shape index (κ3) is 5.59. The van der Waals surface area contributed by atoms with E-state index in [4.69, 9.17) is 4.42 Å². The Bertz CT molecular complexity index is 1510. The first-order chi connectivity index (χ1) is 18.1. The summed E-state index contributed by atoms with van der Waals surface area (Å²) in [6.45, 7) is 0.964. The van der Waals surface area contributed by atoms with Gasteiger partial charge in [-0.1, -0.05) is 60.7 Å². The predicted molar refractivity (Wildman–Crippen MR) is 145 cm³/mol. The monoisotopic (exact) mass is 490 g/mol. The quantitative estimate of drug-likeness (QED) is 0.303. The summed E-state index contributed by atoms with van der Waals surface area (Å²) >= 11 is 0. The first kappa shape index (κ1) is 24.0. The third-order valence-corrected chi connectivity index (χ3v) is 6.28. The number of fused-ring (bicyclic) bond motifs is 2. The van der Waals surface area contributed by atoms with Crippen molar-refractivity contribution in [2.75, 3.05) is 13.1 Å². The van der Waals surface area contributed by atoms with Crippen LogP contribution in [0.5, 0.6) is 0 Å². The zero-order valence-electron chi connectivity index (χ0n) is 20.2. The lowest BCUT2D eigenvalue weighted by atomic mass is 10.1. The van der Waals surface area contributed by atoms with Gasteiger partial charge in [-0.25, -0.2) is 0 Å². The molecule has 0 bridgehead atoms. The molecule has 1 aromatic heterocycles. The van der Waals surface area contributed by atoms with E-state index < -0.39 is 0 Å². The lowest BCUT2D eigenvalue weighted by Gasteiger charge is -2.08. The van der Waals surface area contributed by atoms with Crippen molar-refractivity contribution in [3.05, 3.63) is 130 Å². The van der Waals surface area contributed by atoms with E-state index in [1.807, 2.05) is 60.7 Å². The summed E-state index contributed by atoms with van der Waals surface area (Å²) in [4.78, 5) is 38.7. The van der Waals surface area contributed by atoms with Crippen molar-refractivity contribution in [3.63, 3.8) is 0 Å². The molecule has 5 rings (SSSR count). The molecule has 0 aliphatic rings. The summed E-state index contributed by atoms with van der Waals surface area (Å²) in [6, 6.07) is 29.4. The minimum atomic E-state index is -0.283. The summed E-state index contributed by atoms with van der Waals surface area (Å²) in [5, 5.41) is 6.39. The number of hydrogen-bond donors (Lipinski definition) is 2. The Labute approximate surface area is 213 Å². The van der Waals surface area contributed by atoms with Crippen molar-refractivity contribution in [1.29, 1.82) is 0 Å². The second-order valence-electron chi connectivity index (χ2n) is 8.84. The summed E-state index contributed by atoms with van der Waals surface area (Å²) in [5.74, 6) is -0.521. The second-order valence-corrected chi connectivity index (χ2v) is 8.84. The number of amides is 2. The lowest BCUT2D eigenvalue weighted by Crippen LogP contribution is -2.26. The highest BCUT2D eigenvalue weighted by Gasteiger charge is 2.14. The van der Waals surface area contributed by atoms with Gasteiger partial charge in [0.05, 0.1) is 10.8 Å². The predicted octanol–water partition coefficient (Wildman–Crippen LogP) is 4.89. The molecule has 0 fully saturated rings. The molecule has 0 saturated heterocycles. The normalized spacial score (nSPS) is 10.9. The molecule has 4 aromatic carbocycles. The van der Waals surface area contributed by atoms with Crippen molar-refractivity contribution in [2.24, 2.45) is 0 Å². The molecular weight excluding hydrogens is 464 g/mol. The fourth-order valence-electron chi connectivity index (χ4n) is 4.27. The number of rotatable bonds is 8. The Morgan fingerprint density at radius 1 is 0.595 bits per heavy atom. The van der Waals surface area contributed by atoms with E-state index in [0.717, 1.165) is 11.1 Å². The third-order valence-electron chi connectivity index (χ3n) is 6.28. The molecule has 37 heavy (non-hydrogen) atoms. The van der Waals surface area contributed by atoms with Gasteiger partial charge < -0.3 is 15.1 Å². The average Bonchev–Trinajstić information content (AvgIpc) is 2.94. The van der Waals surface area contributed by atoms with E-state index in [-0.39, 0.29) is 17.2 Å². The van der Waals surface area contributed by atoms with Crippen LogP contribution in [0.4, 0.5) is 0 Å². The van der Waals surface area contributed by atoms with Crippen LogP contribution in [0.2, 0.25) is 0 Å². The molecule has 6 nitrogen and oxygen atoms in total. The molecule has 0 saturated carbocycles. The van der Waals surface area contributed by atoms with Crippen molar-refractivity contribution >= 4 is 33.8 Å². The Morgan fingerprint density at radius 3 is 1.46 bits per heavy atom. The molecule has 0 aliphatic heterocycles. The van der Waals surface area contributed by atoms with Gasteiger partial charge in [-0.2, -0.15) is 0 Å². The van der Waals surface area contributed by atoms with E-state index in [1.54, 1.807) is 36.4 Å². The Kier molecular flexibility index (Phi) is 7.08. The van der Waals surface area contributed by atoms with E-state index in [0.29, 0.717) is 59.0 Å². The zero-order valence-corrected chi connectivity index (χ0v) is 20.2. The molecule has 0 unspecified atom stereocenters. The fraction of sp³-hybridized carbons (Fsp3) is 0.129. The highest BCUT2D eigenvalue weighted by molar-refractivity contribution is 6.01. The van der Waals surface area contributed by atoms with Crippen LogP contribution >= 0.6 is 0 Å². The summed E-state index contributed by atoms with van der Waals surface area (Å²) in [6.07, 6.45) is 1.42. The van der Waals surface area contributed by atoms with Crippen LogP contribution in [0.3, 0.4) is 0 Å². The van der Waals surface area contributed by atoms with Gasteiger partial charge in [-0.15, -0.1) is 0 Å². The largest absolute Gasteiger partial charge is 0.456 e. The lowest BCUT2D eigenvalue weighted by molar-refractivity contribution is 0.0946. The Balaban J connectivity index is 1.32. The molecule has 2 N–H and O–H groups in total. The van der Waals surface area contributed by atoms with Crippen LogP contribution in [-0.2, 0) is 12.8 Å². The highest BCUT2D eigenvalue weighted by Crippen LogP contribution is 2.21. The number of carbonyl (C=O) groups is 2. The van der Waals surface area contributed by atoms with E-state index in [9.17, 15) is 14.4 Å². The maximum absolute atomic E-state index is 13.3. The van der Waals surface area contributed by atoms with Crippen LogP contribution in [0.15, 0.2) is 106 Å². The summed E-state index contributed by atoms with van der Waals surface area (Å²) in [7, 11) is 0. The van der Waals surface area contributed by atoms with Crippen molar-refractivity contribution in [2.45, 2.75) is 12.8 Å². The molecule has 6 heteroatoms. The number of hydrogen-bond acceptors (Lipinski definition) is 4.